The molecule has 0 saturated carbocycles. The number of rotatable bonds is 3. The number of halogens is 1. The number of allylic oxidation sites excluding steroid dienone is 1. The first-order chi connectivity index (χ1) is 10.7. The van der Waals surface area contributed by atoms with Crippen LogP contribution in [-0.4, -0.2) is 18.8 Å². The van der Waals surface area contributed by atoms with E-state index in [1.165, 1.54) is 12.1 Å². The minimum atomic E-state index is -0.335. The minimum Gasteiger partial charge on any atom is -0.482 e. The molecule has 0 aromatic heterocycles. The summed E-state index contributed by atoms with van der Waals surface area (Å²) < 4.78 is 18.2. The van der Waals surface area contributed by atoms with E-state index in [0.717, 1.165) is 6.29 Å². The van der Waals surface area contributed by atoms with Gasteiger partial charge < -0.3 is 10.1 Å². The van der Waals surface area contributed by atoms with Crippen molar-refractivity contribution in [3.05, 3.63) is 59.4 Å². The number of nitrogens with one attached hydrogen (secondary N) is 1. The molecule has 5 heteroatoms. The van der Waals surface area contributed by atoms with Crippen LogP contribution in [0.2, 0.25) is 0 Å². The van der Waals surface area contributed by atoms with E-state index in [4.69, 9.17) is 4.74 Å². The highest BCUT2D eigenvalue weighted by molar-refractivity contribution is 6.14. The van der Waals surface area contributed by atoms with Crippen LogP contribution < -0.4 is 10.1 Å². The maximum absolute atomic E-state index is 12.9. The molecule has 22 heavy (non-hydrogen) atoms. The summed E-state index contributed by atoms with van der Waals surface area (Å²) in [6, 6.07) is 10.9. The topological polar surface area (TPSA) is 55.4 Å². The Labute approximate surface area is 126 Å². The van der Waals surface area contributed by atoms with Crippen molar-refractivity contribution in [3.8, 4) is 5.75 Å². The van der Waals surface area contributed by atoms with Gasteiger partial charge in [0.1, 0.15) is 11.6 Å². The Morgan fingerprint density at radius 1 is 1.18 bits per heavy atom. The van der Waals surface area contributed by atoms with Crippen LogP contribution in [-0.2, 0) is 9.59 Å². The largest absolute Gasteiger partial charge is 0.482 e. The molecule has 0 unspecified atom stereocenters. The molecule has 1 amide bonds. The van der Waals surface area contributed by atoms with E-state index in [-0.39, 0.29) is 18.3 Å². The van der Waals surface area contributed by atoms with Crippen molar-refractivity contribution in [1.29, 1.82) is 0 Å². The average molecular weight is 297 g/mol. The zero-order valence-electron chi connectivity index (χ0n) is 11.5. The molecule has 2 aromatic carbocycles. The molecule has 0 aliphatic carbocycles. The van der Waals surface area contributed by atoms with Gasteiger partial charge in [0.05, 0.1) is 5.69 Å². The molecular formula is C17H12FNO3. The Kier molecular flexibility index (Phi) is 3.70. The zero-order chi connectivity index (χ0) is 15.5. The van der Waals surface area contributed by atoms with E-state index in [1.807, 2.05) is 0 Å². The van der Waals surface area contributed by atoms with Crippen LogP contribution in [0.15, 0.2) is 42.5 Å². The van der Waals surface area contributed by atoms with E-state index in [0.29, 0.717) is 28.1 Å². The number of carbonyl (C=O) groups is 2. The Hall–Kier alpha value is -2.95. The smallest absolute Gasteiger partial charge is 0.262 e. The number of ether oxygens (including phenoxy) is 1. The number of hydrogen-bond acceptors (Lipinski definition) is 3. The highest BCUT2D eigenvalue weighted by Crippen LogP contribution is 2.31. The fourth-order valence-electron chi connectivity index (χ4n) is 2.19. The van der Waals surface area contributed by atoms with Crippen molar-refractivity contribution >= 4 is 29.5 Å². The first kappa shape index (κ1) is 14.0. The lowest BCUT2D eigenvalue weighted by Crippen LogP contribution is -2.25. The molecule has 3 rings (SSSR count). The second-order valence-corrected chi connectivity index (χ2v) is 4.82. The maximum atomic E-state index is 12.9. The maximum Gasteiger partial charge on any atom is 0.262 e. The quantitative estimate of drug-likeness (QED) is 0.538. The molecule has 1 heterocycles. The van der Waals surface area contributed by atoms with Gasteiger partial charge in [0.15, 0.2) is 12.9 Å². The lowest BCUT2D eigenvalue weighted by Gasteiger charge is -2.18. The normalized spacial score (nSPS) is 13.9. The predicted octanol–water partition coefficient (Wildman–Crippen LogP) is 2.90. The molecule has 4 nitrogen and oxygen atoms in total. The van der Waals surface area contributed by atoms with Crippen LogP contribution in [0.3, 0.4) is 0 Å². The van der Waals surface area contributed by atoms with E-state index in [2.05, 4.69) is 5.32 Å². The Bertz CT molecular complexity index is 766. The van der Waals surface area contributed by atoms with Gasteiger partial charge >= 0.3 is 0 Å². The summed E-state index contributed by atoms with van der Waals surface area (Å²) in [7, 11) is 0. The summed E-state index contributed by atoms with van der Waals surface area (Å²) in [6.07, 6.45) is 2.37. The molecule has 1 aliphatic rings. The van der Waals surface area contributed by atoms with Crippen LogP contribution in [0.4, 0.5) is 10.1 Å². The van der Waals surface area contributed by atoms with Crippen molar-refractivity contribution in [3.63, 3.8) is 0 Å². The van der Waals surface area contributed by atoms with Gasteiger partial charge in [-0.3, -0.25) is 9.59 Å². The third-order valence-electron chi connectivity index (χ3n) is 3.26. The van der Waals surface area contributed by atoms with Gasteiger partial charge in [-0.25, -0.2) is 4.39 Å². The highest BCUT2D eigenvalue weighted by atomic mass is 19.1. The molecule has 110 valence electrons. The number of fused-ring (bicyclic) bond motifs is 1. The number of benzene rings is 2. The summed E-state index contributed by atoms with van der Waals surface area (Å²) in [5, 5.41) is 2.69. The molecule has 0 saturated heterocycles. The second-order valence-electron chi connectivity index (χ2n) is 4.82. The van der Waals surface area contributed by atoms with Crippen molar-refractivity contribution in [1.82, 2.24) is 0 Å². The van der Waals surface area contributed by atoms with Crippen LogP contribution in [0.25, 0.3) is 11.6 Å². The number of hydrogen-bond donors (Lipinski definition) is 1. The predicted molar refractivity (Wildman–Crippen MR) is 80.9 cm³/mol. The van der Waals surface area contributed by atoms with Crippen LogP contribution in [0, 0.1) is 5.82 Å². The molecule has 0 spiro atoms. The first-order valence-electron chi connectivity index (χ1n) is 6.65. The van der Waals surface area contributed by atoms with Gasteiger partial charge in [-0.1, -0.05) is 18.2 Å². The van der Waals surface area contributed by atoms with Gasteiger partial charge in [0.25, 0.3) is 5.91 Å². The summed E-state index contributed by atoms with van der Waals surface area (Å²) in [5.74, 6) is -0.00589. The SMILES string of the molecule is O=C/C(=C/c1ccc(F)cc1)c1ccc2c(c1)NC(=O)CO2. The molecule has 0 radical (unpaired) electrons. The van der Waals surface area contributed by atoms with Crippen molar-refractivity contribution in [2.75, 3.05) is 11.9 Å². The molecule has 1 aliphatic heterocycles. The zero-order valence-corrected chi connectivity index (χ0v) is 11.5. The number of anilines is 1. The van der Waals surface area contributed by atoms with Gasteiger partial charge in [0.2, 0.25) is 0 Å². The fourth-order valence-corrected chi connectivity index (χ4v) is 2.19. The summed E-state index contributed by atoms with van der Waals surface area (Å²) in [6.45, 7) is -0.0156. The van der Waals surface area contributed by atoms with E-state index < -0.39 is 0 Å². The van der Waals surface area contributed by atoms with Gasteiger partial charge in [0, 0.05) is 5.57 Å². The van der Waals surface area contributed by atoms with Crippen LogP contribution in [0.5, 0.6) is 5.75 Å². The van der Waals surface area contributed by atoms with Crippen molar-refractivity contribution in [2.24, 2.45) is 0 Å². The number of aldehydes is 1. The number of carbonyl (C=O) groups excluding carboxylic acids is 2. The molecule has 0 fully saturated rings. The lowest BCUT2D eigenvalue weighted by atomic mass is 10.0. The Morgan fingerprint density at radius 3 is 2.68 bits per heavy atom. The second kappa shape index (κ2) is 5.81. The van der Waals surface area contributed by atoms with E-state index in [1.54, 1.807) is 36.4 Å². The first-order valence-corrected chi connectivity index (χ1v) is 6.65. The summed E-state index contributed by atoms with van der Waals surface area (Å²) in [4.78, 5) is 22.7. The van der Waals surface area contributed by atoms with Gasteiger partial charge in [-0.15, -0.1) is 0 Å². The van der Waals surface area contributed by atoms with E-state index in [9.17, 15) is 14.0 Å². The van der Waals surface area contributed by atoms with Crippen molar-refractivity contribution in [2.45, 2.75) is 0 Å². The highest BCUT2D eigenvalue weighted by Gasteiger charge is 2.16. The van der Waals surface area contributed by atoms with Crippen LogP contribution in [0.1, 0.15) is 11.1 Å². The summed E-state index contributed by atoms with van der Waals surface area (Å²) in [5.41, 5.74) is 2.31. The lowest BCUT2D eigenvalue weighted by molar-refractivity contribution is -0.118. The Balaban J connectivity index is 1.97. The third-order valence-corrected chi connectivity index (χ3v) is 3.26. The molecule has 1 N–H and O–H groups in total. The molecular weight excluding hydrogens is 285 g/mol. The summed E-state index contributed by atoms with van der Waals surface area (Å²) >= 11 is 0. The van der Waals surface area contributed by atoms with Crippen molar-refractivity contribution < 1.29 is 18.7 Å². The van der Waals surface area contributed by atoms with Gasteiger partial charge in [-0.2, -0.15) is 0 Å². The van der Waals surface area contributed by atoms with Gasteiger partial charge in [-0.05, 0) is 41.5 Å². The minimum absolute atomic E-state index is 0.0156. The van der Waals surface area contributed by atoms with Crippen LogP contribution >= 0.6 is 0 Å². The number of amides is 1. The standard InChI is InChI=1S/C17H12FNO3/c18-14-4-1-11(2-5-14)7-13(9-20)12-3-6-16-15(8-12)19-17(21)10-22-16/h1-9H,10H2,(H,19,21)/b13-7-. The van der Waals surface area contributed by atoms with E-state index >= 15 is 0 Å². The molecule has 2 aromatic rings. The third kappa shape index (κ3) is 2.88. The fraction of sp³-hybridized carbons (Fsp3) is 0.0588. The molecule has 0 atom stereocenters. The monoisotopic (exact) mass is 297 g/mol. The average Bonchev–Trinajstić information content (AvgIpc) is 2.53. The molecule has 0 bridgehead atoms. The Morgan fingerprint density at radius 2 is 1.95 bits per heavy atom.